The number of carboxylic acids is 1. The maximum atomic E-state index is 11.1. The quantitative estimate of drug-likeness (QED) is 0.792. The van der Waals surface area contributed by atoms with Crippen LogP contribution in [0.2, 0.25) is 0 Å². The molecule has 0 aliphatic carbocycles. The van der Waals surface area contributed by atoms with Crippen molar-refractivity contribution in [3.63, 3.8) is 0 Å². The Morgan fingerprint density at radius 2 is 1.83 bits per heavy atom. The number of hydrogen-bond donors (Lipinski definition) is 1. The molecule has 2 aromatic carbocycles. The molecule has 0 fully saturated rings. The molecule has 3 aromatic rings. The van der Waals surface area contributed by atoms with Crippen LogP contribution in [0.25, 0.3) is 22.4 Å². The second-order valence-corrected chi connectivity index (χ2v) is 5.44. The number of carbonyl (C=O) groups is 1. The number of rotatable bonds is 4. The fourth-order valence-electron chi connectivity index (χ4n) is 2.77. The molecule has 0 aliphatic rings. The Labute approximate surface area is 135 Å². The molecule has 1 N–H and O–H groups in total. The van der Waals surface area contributed by atoms with Gasteiger partial charge >= 0.3 is 5.97 Å². The molecule has 0 atom stereocenters. The first-order chi connectivity index (χ1) is 11.1. The van der Waals surface area contributed by atoms with Gasteiger partial charge in [0.05, 0.1) is 5.69 Å². The van der Waals surface area contributed by atoms with E-state index in [4.69, 9.17) is 5.11 Å². The third kappa shape index (κ3) is 2.88. The molecule has 0 amide bonds. The van der Waals surface area contributed by atoms with E-state index in [1.54, 1.807) is 17.8 Å². The number of nitrogens with zero attached hydrogens (tertiary/aromatic N) is 2. The highest BCUT2D eigenvalue weighted by Crippen LogP contribution is 2.30. The average molecular weight is 306 g/mol. The maximum absolute atomic E-state index is 11.1. The SMILES string of the molecule is CCc1ccc(-c2cc(C(=O)O)nn2C)cc1-c1ccccc1. The zero-order chi connectivity index (χ0) is 16.4. The summed E-state index contributed by atoms with van der Waals surface area (Å²) in [6.45, 7) is 2.13. The first-order valence-corrected chi connectivity index (χ1v) is 7.56. The normalized spacial score (nSPS) is 10.7. The molecule has 0 unspecified atom stereocenters. The maximum Gasteiger partial charge on any atom is 0.356 e. The third-order valence-electron chi connectivity index (χ3n) is 3.97. The second-order valence-electron chi connectivity index (χ2n) is 5.44. The molecule has 0 spiro atoms. The van der Waals surface area contributed by atoms with Gasteiger partial charge in [-0.1, -0.05) is 49.4 Å². The fraction of sp³-hybridized carbons (Fsp3) is 0.158. The zero-order valence-electron chi connectivity index (χ0n) is 13.2. The molecule has 3 rings (SSSR count). The van der Waals surface area contributed by atoms with Crippen molar-refractivity contribution < 1.29 is 9.90 Å². The molecule has 4 nitrogen and oxygen atoms in total. The van der Waals surface area contributed by atoms with Crippen molar-refractivity contribution in [2.75, 3.05) is 0 Å². The van der Waals surface area contributed by atoms with Gasteiger partial charge in [-0.25, -0.2) is 4.79 Å². The lowest BCUT2D eigenvalue weighted by molar-refractivity contribution is 0.0689. The fourth-order valence-corrected chi connectivity index (χ4v) is 2.77. The van der Waals surface area contributed by atoms with Crippen LogP contribution in [0.5, 0.6) is 0 Å². The van der Waals surface area contributed by atoms with Gasteiger partial charge in [-0.05, 0) is 35.2 Å². The summed E-state index contributed by atoms with van der Waals surface area (Å²) >= 11 is 0. The largest absolute Gasteiger partial charge is 0.476 e. The van der Waals surface area contributed by atoms with Gasteiger partial charge in [-0.3, -0.25) is 4.68 Å². The van der Waals surface area contributed by atoms with Gasteiger partial charge in [0.25, 0.3) is 0 Å². The predicted octanol–water partition coefficient (Wildman–Crippen LogP) is 4.01. The summed E-state index contributed by atoms with van der Waals surface area (Å²) in [4.78, 5) is 11.1. The summed E-state index contributed by atoms with van der Waals surface area (Å²) in [6.07, 6.45) is 0.941. The van der Waals surface area contributed by atoms with Crippen LogP contribution in [0.15, 0.2) is 54.6 Å². The van der Waals surface area contributed by atoms with Gasteiger partial charge in [0.2, 0.25) is 0 Å². The number of aryl methyl sites for hydroxylation is 2. The van der Waals surface area contributed by atoms with Crippen molar-refractivity contribution in [3.05, 3.63) is 65.9 Å². The standard InChI is InChI=1S/C19H18N2O2/c1-3-13-9-10-15(11-16(13)14-7-5-4-6-8-14)18-12-17(19(22)23)20-21(18)2/h4-12H,3H2,1-2H3,(H,22,23). The van der Waals surface area contributed by atoms with Crippen LogP contribution in [0.1, 0.15) is 23.0 Å². The molecule has 0 radical (unpaired) electrons. The first-order valence-electron chi connectivity index (χ1n) is 7.56. The first kappa shape index (κ1) is 15.0. The smallest absolute Gasteiger partial charge is 0.356 e. The molecule has 0 bridgehead atoms. The summed E-state index contributed by atoms with van der Waals surface area (Å²) in [7, 11) is 1.76. The van der Waals surface area contributed by atoms with E-state index in [9.17, 15) is 4.79 Å². The molecule has 116 valence electrons. The van der Waals surface area contributed by atoms with E-state index in [2.05, 4.69) is 36.3 Å². The molecule has 1 heterocycles. The van der Waals surface area contributed by atoms with Crippen molar-refractivity contribution in [1.29, 1.82) is 0 Å². The van der Waals surface area contributed by atoms with Crippen LogP contribution >= 0.6 is 0 Å². The highest BCUT2D eigenvalue weighted by Gasteiger charge is 2.14. The Morgan fingerprint density at radius 3 is 2.43 bits per heavy atom. The van der Waals surface area contributed by atoms with Gasteiger partial charge in [0.1, 0.15) is 0 Å². The summed E-state index contributed by atoms with van der Waals surface area (Å²) in [6, 6.07) is 18.1. The van der Waals surface area contributed by atoms with Crippen molar-refractivity contribution in [2.24, 2.45) is 7.05 Å². The second kappa shape index (κ2) is 6.08. The average Bonchev–Trinajstić information content (AvgIpc) is 2.97. The van der Waals surface area contributed by atoms with E-state index in [1.165, 1.54) is 11.1 Å². The highest BCUT2D eigenvalue weighted by atomic mass is 16.4. The van der Waals surface area contributed by atoms with E-state index in [-0.39, 0.29) is 5.69 Å². The van der Waals surface area contributed by atoms with E-state index in [0.717, 1.165) is 23.2 Å². The van der Waals surface area contributed by atoms with E-state index in [1.807, 2.05) is 24.3 Å². The Bertz CT molecular complexity index is 851. The monoisotopic (exact) mass is 306 g/mol. The van der Waals surface area contributed by atoms with Gasteiger partial charge in [0, 0.05) is 12.6 Å². The predicted molar refractivity (Wildman–Crippen MR) is 90.4 cm³/mol. The summed E-state index contributed by atoms with van der Waals surface area (Å²) < 4.78 is 1.61. The highest BCUT2D eigenvalue weighted by molar-refractivity contribution is 5.87. The van der Waals surface area contributed by atoms with E-state index in [0.29, 0.717) is 0 Å². The molecule has 4 heteroatoms. The van der Waals surface area contributed by atoms with Gasteiger partial charge in [-0.2, -0.15) is 5.10 Å². The molecule has 0 aliphatic heterocycles. The van der Waals surface area contributed by atoms with Crippen LogP contribution < -0.4 is 0 Å². The minimum absolute atomic E-state index is 0.0586. The Kier molecular flexibility index (Phi) is 3.98. The van der Waals surface area contributed by atoms with Gasteiger partial charge < -0.3 is 5.11 Å². The lowest BCUT2D eigenvalue weighted by atomic mass is 9.95. The van der Waals surface area contributed by atoms with Crippen LogP contribution in [0.4, 0.5) is 0 Å². The number of benzene rings is 2. The van der Waals surface area contributed by atoms with Crippen LogP contribution in [0, 0.1) is 0 Å². The molecule has 1 aromatic heterocycles. The number of aromatic carboxylic acids is 1. The van der Waals surface area contributed by atoms with Crippen molar-refractivity contribution >= 4 is 5.97 Å². The van der Waals surface area contributed by atoms with Gasteiger partial charge in [0.15, 0.2) is 5.69 Å². The number of aromatic nitrogens is 2. The zero-order valence-corrected chi connectivity index (χ0v) is 13.2. The number of hydrogen-bond acceptors (Lipinski definition) is 2. The Morgan fingerprint density at radius 1 is 1.09 bits per heavy atom. The molecular formula is C19H18N2O2. The third-order valence-corrected chi connectivity index (χ3v) is 3.97. The lowest BCUT2D eigenvalue weighted by Gasteiger charge is -2.11. The Balaban J connectivity index is 2.14. The molecular weight excluding hydrogens is 288 g/mol. The van der Waals surface area contributed by atoms with Crippen LogP contribution in [0.3, 0.4) is 0 Å². The van der Waals surface area contributed by atoms with Gasteiger partial charge in [-0.15, -0.1) is 0 Å². The summed E-state index contributed by atoms with van der Waals surface area (Å²) in [5.41, 5.74) is 5.41. The number of carboxylic acid groups (broad SMARTS) is 1. The topological polar surface area (TPSA) is 55.1 Å². The molecule has 0 saturated carbocycles. The van der Waals surface area contributed by atoms with E-state index < -0.39 is 5.97 Å². The molecule has 0 saturated heterocycles. The van der Waals surface area contributed by atoms with Crippen LogP contribution in [-0.4, -0.2) is 20.9 Å². The summed E-state index contributed by atoms with van der Waals surface area (Å²) in [5.74, 6) is -1.01. The summed E-state index contributed by atoms with van der Waals surface area (Å²) in [5, 5.41) is 13.2. The minimum atomic E-state index is -1.01. The van der Waals surface area contributed by atoms with Crippen molar-refractivity contribution in [3.8, 4) is 22.4 Å². The lowest BCUT2D eigenvalue weighted by Crippen LogP contribution is -1.99. The minimum Gasteiger partial charge on any atom is -0.476 e. The van der Waals surface area contributed by atoms with Crippen molar-refractivity contribution in [2.45, 2.75) is 13.3 Å². The van der Waals surface area contributed by atoms with Crippen molar-refractivity contribution in [1.82, 2.24) is 9.78 Å². The van der Waals surface area contributed by atoms with Crippen LogP contribution in [-0.2, 0) is 13.5 Å². The van der Waals surface area contributed by atoms with E-state index >= 15 is 0 Å². The Hall–Kier alpha value is -2.88. The molecule has 23 heavy (non-hydrogen) atoms.